The molecule has 118 valence electrons. The number of carbonyl (C=O) groups is 1. The molecular formula is C18H19IN3O+. The predicted octanol–water partition coefficient (Wildman–Crippen LogP) is 3.34. The number of hydrogen-bond acceptors (Lipinski definition) is 2. The fraction of sp³-hybridized carbons (Fsp3) is 0.167. The number of anilines is 1. The van der Waals surface area contributed by atoms with Gasteiger partial charge in [-0.05, 0) is 35.3 Å². The number of nitrogens with one attached hydrogen (secondary N) is 1. The summed E-state index contributed by atoms with van der Waals surface area (Å²) in [6.45, 7) is 2.30. The van der Waals surface area contributed by atoms with Crippen molar-refractivity contribution >= 4 is 46.3 Å². The Kier molecular flexibility index (Phi) is 6.04. The van der Waals surface area contributed by atoms with Crippen LogP contribution in [0.1, 0.15) is 12.5 Å². The molecule has 0 bridgehead atoms. The zero-order valence-corrected chi connectivity index (χ0v) is 15.2. The van der Waals surface area contributed by atoms with Gasteiger partial charge in [0.05, 0.1) is 0 Å². The summed E-state index contributed by atoms with van der Waals surface area (Å²) >= 11 is 0. The number of rotatable bonds is 4. The van der Waals surface area contributed by atoms with E-state index in [-0.39, 0.29) is 36.4 Å². The maximum Gasteiger partial charge on any atom is 0.292 e. The van der Waals surface area contributed by atoms with Gasteiger partial charge in [0, 0.05) is 16.5 Å². The highest BCUT2D eigenvalue weighted by molar-refractivity contribution is 14.0. The van der Waals surface area contributed by atoms with Crippen LogP contribution in [0, 0.1) is 0 Å². The fourth-order valence-corrected chi connectivity index (χ4v) is 2.33. The van der Waals surface area contributed by atoms with Crippen LogP contribution < -0.4 is 10.00 Å². The van der Waals surface area contributed by atoms with Crippen LogP contribution in [0.15, 0.2) is 60.9 Å². The van der Waals surface area contributed by atoms with Crippen molar-refractivity contribution in [1.29, 1.82) is 0 Å². The molecule has 2 aromatic carbocycles. The molecule has 0 spiro atoms. The third-order valence-electron chi connectivity index (χ3n) is 3.58. The van der Waals surface area contributed by atoms with Crippen molar-refractivity contribution in [2.24, 2.45) is 0 Å². The number of halogens is 1. The highest BCUT2D eigenvalue weighted by atomic mass is 127. The van der Waals surface area contributed by atoms with Gasteiger partial charge in [0.1, 0.15) is 6.20 Å². The Bertz CT molecular complexity index is 803. The maximum atomic E-state index is 12.1. The average molecular weight is 420 g/mol. The molecule has 1 N–H and O–H groups in total. The van der Waals surface area contributed by atoms with Gasteiger partial charge >= 0.3 is 0 Å². The van der Waals surface area contributed by atoms with E-state index in [1.54, 1.807) is 10.9 Å². The van der Waals surface area contributed by atoms with Gasteiger partial charge in [-0.2, -0.15) is 0 Å². The van der Waals surface area contributed by atoms with E-state index in [0.29, 0.717) is 0 Å². The molecule has 0 unspecified atom stereocenters. The van der Waals surface area contributed by atoms with Crippen LogP contribution in [0.25, 0.3) is 10.8 Å². The summed E-state index contributed by atoms with van der Waals surface area (Å²) in [6.07, 6.45) is 4.65. The zero-order chi connectivity index (χ0) is 15.4. The number of aryl methyl sites for hydroxylation is 1. The van der Waals surface area contributed by atoms with E-state index in [1.165, 1.54) is 5.56 Å². The topological polar surface area (TPSA) is 45.9 Å². The number of benzene rings is 2. The van der Waals surface area contributed by atoms with Crippen molar-refractivity contribution in [3.05, 3.63) is 66.5 Å². The third kappa shape index (κ3) is 4.48. The van der Waals surface area contributed by atoms with Crippen LogP contribution in [-0.4, -0.2) is 11.0 Å². The number of carbonyl (C=O) groups excluding carboxylic acids is 1. The van der Waals surface area contributed by atoms with E-state index >= 15 is 0 Å². The van der Waals surface area contributed by atoms with E-state index in [1.807, 2.05) is 54.7 Å². The van der Waals surface area contributed by atoms with E-state index in [9.17, 15) is 4.79 Å². The molecule has 1 heterocycles. The molecule has 0 saturated carbocycles. The predicted molar refractivity (Wildman–Crippen MR) is 102 cm³/mol. The van der Waals surface area contributed by atoms with E-state index in [0.717, 1.165) is 22.9 Å². The molecule has 0 saturated heterocycles. The van der Waals surface area contributed by atoms with Crippen molar-refractivity contribution in [1.82, 2.24) is 5.10 Å². The number of hydrogen-bond donors (Lipinski definition) is 1. The minimum Gasteiger partial charge on any atom is -0.321 e. The molecule has 0 aliphatic carbocycles. The van der Waals surface area contributed by atoms with Crippen molar-refractivity contribution in [2.45, 2.75) is 19.9 Å². The SMILES string of the molecule is CCc1ccc(NC(=O)C[n+]2cc3ccccc3cn2)cc1.I. The Morgan fingerprint density at radius 1 is 1.09 bits per heavy atom. The van der Waals surface area contributed by atoms with Crippen LogP contribution in [0.4, 0.5) is 5.69 Å². The first kappa shape index (κ1) is 17.3. The standard InChI is InChI=1S/C18H17N3O.HI/c1-2-14-7-9-17(10-8-14)20-18(22)13-21-12-16-6-4-3-5-15(16)11-19-21;/h3-12H,2,13H2,1H3;1H/p+1. The first-order chi connectivity index (χ1) is 10.7. The molecule has 0 fully saturated rings. The van der Waals surface area contributed by atoms with Crippen LogP contribution in [0.5, 0.6) is 0 Å². The first-order valence-corrected chi connectivity index (χ1v) is 7.38. The van der Waals surface area contributed by atoms with Gasteiger partial charge in [-0.25, -0.2) is 0 Å². The Balaban J connectivity index is 0.00000192. The Morgan fingerprint density at radius 3 is 2.48 bits per heavy atom. The lowest BCUT2D eigenvalue weighted by Crippen LogP contribution is -2.43. The Labute approximate surface area is 152 Å². The molecule has 1 amide bonds. The van der Waals surface area contributed by atoms with Gasteiger partial charge in [0.25, 0.3) is 12.5 Å². The quantitative estimate of drug-likeness (QED) is 0.520. The van der Waals surface area contributed by atoms with Crippen LogP contribution in [0.3, 0.4) is 0 Å². The largest absolute Gasteiger partial charge is 0.321 e. The summed E-state index contributed by atoms with van der Waals surface area (Å²) in [4.78, 5) is 12.1. The van der Waals surface area contributed by atoms with Gasteiger partial charge in [-0.3, -0.25) is 4.79 Å². The van der Waals surface area contributed by atoms with E-state index < -0.39 is 0 Å². The minimum atomic E-state index is -0.0861. The second kappa shape index (κ2) is 8.01. The minimum absolute atomic E-state index is 0. The Morgan fingerprint density at radius 2 is 1.78 bits per heavy atom. The summed E-state index contributed by atoms with van der Waals surface area (Å²) in [7, 11) is 0. The van der Waals surface area contributed by atoms with Crippen molar-refractivity contribution < 1.29 is 9.48 Å². The highest BCUT2D eigenvalue weighted by Gasteiger charge is 2.12. The van der Waals surface area contributed by atoms with Gasteiger partial charge < -0.3 is 5.32 Å². The average Bonchev–Trinajstić information content (AvgIpc) is 2.55. The monoisotopic (exact) mass is 420 g/mol. The zero-order valence-electron chi connectivity index (χ0n) is 12.9. The number of nitrogens with zero attached hydrogens (tertiary/aromatic N) is 2. The fourth-order valence-electron chi connectivity index (χ4n) is 2.33. The van der Waals surface area contributed by atoms with Gasteiger partial charge in [-0.15, -0.1) is 24.0 Å². The molecule has 0 radical (unpaired) electrons. The third-order valence-corrected chi connectivity index (χ3v) is 3.58. The van der Waals surface area contributed by atoms with E-state index in [4.69, 9.17) is 0 Å². The summed E-state index contributed by atoms with van der Waals surface area (Å²) in [5.41, 5.74) is 2.06. The second-order valence-corrected chi connectivity index (χ2v) is 5.20. The molecule has 3 aromatic rings. The lowest BCUT2D eigenvalue weighted by Gasteiger charge is -2.04. The summed E-state index contributed by atoms with van der Waals surface area (Å²) < 4.78 is 1.65. The van der Waals surface area contributed by atoms with Crippen LogP contribution >= 0.6 is 24.0 Å². The second-order valence-electron chi connectivity index (χ2n) is 5.20. The smallest absolute Gasteiger partial charge is 0.292 e. The van der Waals surface area contributed by atoms with Crippen molar-refractivity contribution in [2.75, 3.05) is 5.32 Å². The first-order valence-electron chi connectivity index (χ1n) is 7.38. The van der Waals surface area contributed by atoms with Crippen molar-refractivity contribution in [3.63, 3.8) is 0 Å². The lowest BCUT2D eigenvalue weighted by atomic mass is 10.1. The van der Waals surface area contributed by atoms with Gasteiger partial charge in [0.2, 0.25) is 6.20 Å². The number of aromatic nitrogens is 2. The van der Waals surface area contributed by atoms with Crippen LogP contribution in [0.2, 0.25) is 0 Å². The molecule has 0 aliphatic rings. The molecule has 4 nitrogen and oxygen atoms in total. The summed E-state index contributed by atoms with van der Waals surface area (Å²) in [5, 5.41) is 9.29. The maximum absolute atomic E-state index is 12.1. The molecule has 5 heteroatoms. The van der Waals surface area contributed by atoms with Crippen LogP contribution in [-0.2, 0) is 17.8 Å². The van der Waals surface area contributed by atoms with Gasteiger partial charge in [-0.1, -0.05) is 41.9 Å². The Hall–Kier alpha value is -2.02. The molecule has 3 rings (SSSR count). The van der Waals surface area contributed by atoms with E-state index in [2.05, 4.69) is 17.3 Å². The van der Waals surface area contributed by atoms with Crippen molar-refractivity contribution in [3.8, 4) is 0 Å². The molecular weight excluding hydrogens is 401 g/mol. The normalized spacial score (nSPS) is 10.1. The highest BCUT2D eigenvalue weighted by Crippen LogP contribution is 2.10. The lowest BCUT2D eigenvalue weighted by molar-refractivity contribution is -0.740. The molecule has 1 aromatic heterocycles. The molecule has 23 heavy (non-hydrogen) atoms. The number of amides is 1. The number of fused-ring (bicyclic) bond motifs is 1. The summed E-state index contributed by atoms with van der Waals surface area (Å²) in [6, 6.07) is 15.9. The molecule has 0 aliphatic heterocycles. The summed E-state index contributed by atoms with van der Waals surface area (Å²) in [5.74, 6) is -0.0861. The van der Waals surface area contributed by atoms with Gasteiger partial charge in [0.15, 0.2) is 0 Å². The molecule has 0 atom stereocenters.